The number of carbonyl (C=O) groups is 3. The van der Waals surface area contributed by atoms with Crippen molar-refractivity contribution in [2.45, 2.75) is 31.8 Å². The van der Waals surface area contributed by atoms with Crippen LogP contribution in [0.5, 0.6) is 0 Å². The van der Waals surface area contributed by atoms with Gasteiger partial charge in [0, 0.05) is 12.5 Å². The first-order valence-electron chi connectivity index (χ1n) is 6.68. The molecular weight excluding hydrogens is 292 g/mol. The van der Waals surface area contributed by atoms with Crippen LogP contribution in [0.4, 0.5) is 5.69 Å². The summed E-state index contributed by atoms with van der Waals surface area (Å²) < 4.78 is 4.63. The molecule has 1 atom stereocenters. The lowest BCUT2D eigenvalue weighted by Crippen LogP contribution is -2.56. The average molecular weight is 304 g/mol. The standard InChI is InChI=1S/C14H12N2O6/c1-14(6-5-11(17)22-13(14)19)15-7-9-8(12(15)18)3-2-4-10(9)16(20)21/h2-4H,5-7H2,1H3. The Hall–Kier alpha value is -2.77. The van der Waals surface area contributed by atoms with Crippen LogP contribution in [0, 0.1) is 10.1 Å². The first kappa shape index (κ1) is 14.2. The molecule has 114 valence electrons. The highest BCUT2D eigenvalue weighted by Crippen LogP contribution is 2.38. The van der Waals surface area contributed by atoms with Crippen molar-refractivity contribution >= 4 is 23.5 Å². The number of ether oxygens (including phenoxy) is 1. The summed E-state index contributed by atoms with van der Waals surface area (Å²) in [6.45, 7) is 1.46. The van der Waals surface area contributed by atoms with Gasteiger partial charge in [-0.3, -0.25) is 19.7 Å². The third-order valence-electron chi connectivity index (χ3n) is 4.20. The van der Waals surface area contributed by atoms with Crippen molar-refractivity contribution in [1.29, 1.82) is 0 Å². The second-order valence-corrected chi connectivity index (χ2v) is 5.49. The van der Waals surface area contributed by atoms with Crippen LogP contribution in [0.25, 0.3) is 0 Å². The minimum atomic E-state index is -1.29. The Balaban J connectivity index is 2.01. The zero-order valence-corrected chi connectivity index (χ0v) is 11.7. The van der Waals surface area contributed by atoms with Gasteiger partial charge in [0.1, 0.15) is 5.54 Å². The van der Waals surface area contributed by atoms with E-state index in [1.54, 1.807) is 0 Å². The zero-order chi connectivity index (χ0) is 16.1. The maximum atomic E-state index is 12.5. The average Bonchev–Trinajstić information content (AvgIpc) is 2.81. The molecule has 1 unspecified atom stereocenters. The van der Waals surface area contributed by atoms with Gasteiger partial charge in [-0.2, -0.15) is 0 Å². The van der Waals surface area contributed by atoms with Crippen molar-refractivity contribution in [3.63, 3.8) is 0 Å². The monoisotopic (exact) mass is 304 g/mol. The minimum absolute atomic E-state index is 0.0183. The zero-order valence-electron chi connectivity index (χ0n) is 11.7. The summed E-state index contributed by atoms with van der Waals surface area (Å²) in [6.07, 6.45) is 0.155. The van der Waals surface area contributed by atoms with Crippen molar-refractivity contribution in [3.05, 3.63) is 39.4 Å². The second kappa shape index (κ2) is 4.62. The molecule has 1 saturated heterocycles. The molecule has 2 heterocycles. The summed E-state index contributed by atoms with van der Waals surface area (Å²) in [5.41, 5.74) is -0.960. The smallest absolute Gasteiger partial charge is 0.339 e. The molecule has 1 aromatic carbocycles. The molecule has 0 spiro atoms. The van der Waals surface area contributed by atoms with E-state index >= 15 is 0 Å². The highest BCUT2D eigenvalue weighted by atomic mass is 16.6. The lowest BCUT2D eigenvalue weighted by molar-refractivity contribution is -0.385. The number of carbonyl (C=O) groups excluding carboxylic acids is 3. The molecule has 3 rings (SSSR count). The number of benzene rings is 1. The van der Waals surface area contributed by atoms with E-state index in [0.717, 1.165) is 0 Å². The lowest BCUT2D eigenvalue weighted by Gasteiger charge is -2.38. The van der Waals surface area contributed by atoms with E-state index in [0.29, 0.717) is 0 Å². The molecule has 2 aliphatic rings. The SMILES string of the molecule is CC1(N2Cc3c(cccc3[N+](=O)[O-])C2=O)CCC(=O)OC1=O. The summed E-state index contributed by atoms with van der Waals surface area (Å²) in [5.74, 6) is -1.89. The van der Waals surface area contributed by atoms with Crippen LogP contribution in [0.15, 0.2) is 18.2 Å². The normalized spacial score (nSPS) is 24.2. The molecule has 1 aromatic rings. The van der Waals surface area contributed by atoms with Crippen molar-refractivity contribution in [2.75, 3.05) is 0 Å². The predicted octanol–water partition coefficient (Wildman–Crippen LogP) is 1.17. The number of amides is 1. The quantitative estimate of drug-likeness (QED) is 0.351. The fourth-order valence-corrected chi connectivity index (χ4v) is 2.84. The molecule has 0 radical (unpaired) electrons. The van der Waals surface area contributed by atoms with Gasteiger partial charge >= 0.3 is 11.9 Å². The Bertz CT molecular complexity index is 728. The van der Waals surface area contributed by atoms with E-state index in [2.05, 4.69) is 4.74 Å². The Morgan fingerprint density at radius 2 is 2.05 bits per heavy atom. The number of fused-ring (bicyclic) bond motifs is 1. The molecule has 8 nitrogen and oxygen atoms in total. The van der Waals surface area contributed by atoms with Gasteiger partial charge in [0.2, 0.25) is 0 Å². The summed E-state index contributed by atoms with van der Waals surface area (Å²) >= 11 is 0. The third-order valence-corrected chi connectivity index (χ3v) is 4.20. The molecule has 0 N–H and O–H groups in total. The van der Waals surface area contributed by atoms with E-state index in [1.807, 2.05) is 0 Å². The number of esters is 2. The summed E-state index contributed by atoms with van der Waals surface area (Å²) in [4.78, 5) is 47.5. The Kier molecular flexibility index (Phi) is 2.98. The lowest BCUT2D eigenvalue weighted by atomic mass is 9.91. The topological polar surface area (TPSA) is 107 Å². The van der Waals surface area contributed by atoms with Crippen LogP contribution in [-0.4, -0.2) is 33.2 Å². The molecule has 1 amide bonds. The summed E-state index contributed by atoms with van der Waals surface area (Å²) in [7, 11) is 0. The van der Waals surface area contributed by atoms with Crippen molar-refractivity contribution in [3.8, 4) is 0 Å². The van der Waals surface area contributed by atoms with Crippen LogP contribution in [0.1, 0.15) is 35.7 Å². The van der Waals surface area contributed by atoms with Gasteiger partial charge in [0.15, 0.2) is 0 Å². The third kappa shape index (κ3) is 1.87. The fourth-order valence-electron chi connectivity index (χ4n) is 2.84. The Morgan fingerprint density at radius 3 is 2.68 bits per heavy atom. The highest BCUT2D eigenvalue weighted by molar-refractivity contribution is 6.04. The molecule has 0 bridgehead atoms. The Morgan fingerprint density at radius 1 is 1.32 bits per heavy atom. The van der Waals surface area contributed by atoms with E-state index in [1.165, 1.54) is 30.0 Å². The molecule has 1 fully saturated rings. The molecular formula is C14H12N2O6. The van der Waals surface area contributed by atoms with Crippen molar-refractivity contribution in [1.82, 2.24) is 4.90 Å². The van der Waals surface area contributed by atoms with Crippen LogP contribution in [0.3, 0.4) is 0 Å². The van der Waals surface area contributed by atoms with E-state index in [-0.39, 0.29) is 36.2 Å². The number of nitro groups is 1. The second-order valence-electron chi connectivity index (χ2n) is 5.49. The van der Waals surface area contributed by atoms with E-state index in [4.69, 9.17) is 0 Å². The molecule has 0 aromatic heterocycles. The summed E-state index contributed by atoms with van der Waals surface area (Å²) in [5, 5.41) is 11.1. The van der Waals surface area contributed by atoms with Gasteiger partial charge in [-0.15, -0.1) is 0 Å². The summed E-state index contributed by atoms with van der Waals surface area (Å²) in [6, 6.07) is 4.25. The number of hydrogen-bond donors (Lipinski definition) is 0. The van der Waals surface area contributed by atoms with Gasteiger partial charge in [-0.1, -0.05) is 6.07 Å². The molecule has 0 saturated carbocycles. The van der Waals surface area contributed by atoms with Gasteiger partial charge in [0.05, 0.1) is 22.6 Å². The largest absolute Gasteiger partial charge is 0.391 e. The van der Waals surface area contributed by atoms with Crippen LogP contribution < -0.4 is 0 Å². The van der Waals surface area contributed by atoms with Gasteiger partial charge < -0.3 is 9.64 Å². The van der Waals surface area contributed by atoms with Gasteiger partial charge in [-0.25, -0.2) is 4.79 Å². The molecule has 8 heteroatoms. The van der Waals surface area contributed by atoms with Crippen LogP contribution in [0.2, 0.25) is 0 Å². The number of nitro benzene ring substituents is 1. The molecule has 0 aliphatic carbocycles. The number of rotatable bonds is 2. The minimum Gasteiger partial charge on any atom is -0.391 e. The van der Waals surface area contributed by atoms with Crippen molar-refractivity contribution in [2.24, 2.45) is 0 Å². The number of nitrogens with zero attached hydrogens (tertiary/aromatic N) is 2. The van der Waals surface area contributed by atoms with Crippen LogP contribution in [-0.2, 0) is 20.9 Å². The first-order chi connectivity index (χ1) is 10.3. The van der Waals surface area contributed by atoms with Crippen LogP contribution >= 0.6 is 0 Å². The number of cyclic esters (lactones) is 2. The first-order valence-corrected chi connectivity index (χ1v) is 6.68. The predicted molar refractivity (Wildman–Crippen MR) is 71.7 cm³/mol. The fraction of sp³-hybridized carbons (Fsp3) is 0.357. The van der Waals surface area contributed by atoms with E-state index < -0.39 is 28.3 Å². The van der Waals surface area contributed by atoms with Gasteiger partial charge in [0.25, 0.3) is 11.6 Å². The van der Waals surface area contributed by atoms with E-state index in [9.17, 15) is 24.5 Å². The highest BCUT2D eigenvalue weighted by Gasteiger charge is 2.51. The van der Waals surface area contributed by atoms with Gasteiger partial charge in [-0.05, 0) is 19.4 Å². The molecule has 22 heavy (non-hydrogen) atoms. The molecule has 2 aliphatic heterocycles. The number of hydrogen-bond acceptors (Lipinski definition) is 6. The maximum absolute atomic E-state index is 12.5. The maximum Gasteiger partial charge on any atom is 0.339 e. The Labute approximate surface area is 124 Å². The van der Waals surface area contributed by atoms with Crippen molar-refractivity contribution < 1.29 is 24.0 Å².